The van der Waals surface area contributed by atoms with Crippen LogP contribution in [0.25, 0.3) is 22.3 Å². The van der Waals surface area contributed by atoms with Crippen LogP contribution in [0.5, 0.6) is 0 Å². The summed E-state index contributed by atoms with van der Waals surface area (Å²) in [7, 11) is 0. The van der Waals surface area contributed by atoms with E-state index in [-0.39, 0.29) is 0 Å². The molecule has 0 aliphatic rings. The monoisotopic (exact) mass is 258 g/mol. The van der Waals surface area contributed by atoms with Gasteiger partial charge in [0.05, 0.1) is 0 Å². The van der Waals surface area contributed by atoms with E-state index in [9.17, 15) is 0 Å². The second-order valence-electron chi connectivity index (χ2n) is 5.31. The molecule has 0 N–H and O–H groups in total. The van der Waals surface area contributed by atoms with Crippen molar-refractivity contribution in [3.05, 3.63) is 83.9 Å². The molecule has 3 aromatic carbocycles. The molecule has 0 bridgehead atoms. The highest BCUT2D eigenvalue weighted by Gasteiger charge is 2.00. The van der Waals surface area contributed by atoms with Gasteiger partial charge >= 0.3 is 0 Å². The summed E-state index contributed by atoms with van der Waals surface area (Å²) in [5.74, 6) is 0. The summed E-state index contributed by atoms with van der Waals surface area (Å²) >= 11 is 0. The van der Waals surface area contributed by atoms with Crippen molar-refractivity contribution in [2.75, 3.05) is 0 Å². The first kappa shape index (κ1) is 12.7. The van der Waals surface area contributed by atoms with E-state index in [4.69, 9.17) is 0 Å². The van der Waals surface area contributed by atoms with Crippen LogP contribution in [0, 0.1) is 13.8 Å². The summed E-state index contributed by atoms with van der Waals surface area (Å²) in [5.41, 5.74) is 7.67. The van der Waals surface area contributed by atoms with Gasteiger partial charge in [0.15, 0.2) is 0 Å². The Morgan fingerprint density at radius 2 is 0.950 bits per heavy atom. The van der Waals surface area contributed by atoms with Crippen molar-refractivity contribution in [2.45, 2.75) is 13.8 Å². The third-order valence-corrected chi connectivity index (χ3v) is 3.62. The fraction of sp³-hybridized carbons (Fsp3) is 0.100. The quantitative estimate of drug-likeness (QED) is 0.558. The van der Waals surface area contributed by atoms with Crippen LogP contribution in [0.4, 0.5) is 0 Å². The molecule has 0 saturated heterocycles. The van der Waals surface area contributed by atoms with Gasteiger partial charge in [0.1, 0.15) is 0 Å². The zero-order valence-corrected chi connectivity index (χ0v) is 11.9. The first-order valence-corrected chi connectivity index (χ1v) is 6.96. The predicted octanol–water partition coefficient (Wildman–Crippen LogP) is 5.64. The Hall–Kier alpha value is -2.34. The zero-order chi connectivity index (χ0) is 13.9. The second-order valence-corrected chi connectivity index (χ2v) is 5.31. The Bertz CT molecular complexity index is 704. The highest BCUT2D eigenvalue weighted by Crippen LogP contribution is 2.25. The number of hydrogen-bond donors (Lipinski definition) is 0. The lowest BCUT2D eigenvalue weighted by Gasteiger charge is -2.06. The van der Waals surface area contributed by atoms with Gasteiger partial charge < -0.3 is 0 Å². The molecular formula is C20H18. The van der Waals surface area contributed by atoms with E-state index < -0.39 is 0 Å². The third-order valence-electron chi connectivity index (χ3n) is 3.62. The minimum atomic E-state index is 1.27. The fourth-order valence-corrected chi connectivity index (χ4v) is 2.43. The summed E-state index contributed by atoms with van der Waals surface area (Å²) in [4.78, 5) is 0. The van der Waals surface area contributed by atoms with Gasteiger partial charge in [-0.2, -0.15) is 0 Å². The molecule has 0 heteroatoms. The first-order chi connectivity index (χ1) is 9.72. The average Bonchev–Trinajstić information content (AvgIpc) is 2.48. The molecule has 0 heterocycles. The molecule has 0 aliphatic carbocycles. The predicted molar refractivity (Wildman–Crippen MR) is 86.8 cm³/mol. The second kappa shape index (κ2) is 5.34. The Balaban J connectivity index is 1.93. The number of hydrogen-bond acceptors (Lipinski definition) is 0. The van der Waals surface area contributed by atoms with Crippen LogP contribution in [-0.2, 0) is 0 Å². The molecule has 0 aromatic heterocycles. The van der Waals surface area contributed by atoms with E-state index in [2.05, 4.69) is 86.6 Å². The van der Waals surface area contributed by atoms with Crippen molar-refractivity contribution in [2.24, 2.45) is 0 Å². The Morgan fingerprint density at radius 1 is 0.450 bits per heavy atom. The summed E-state index contributed by atoms with van der Waals surface area (Å²) in [5, 5.41) is 0. The molecule has 0 aliphatic heterocycles. The highest BCUT2D eigenvalue weighted by atomic mass is 14.0. The molecule has 0 unspecified atom stereocenters. The maximum atomic E-state index is 2.22. The third kappa shape index (κ3) is 2.65. The van der Waals surface area contributed by atoms with E-state index in [0.717, 1.165) is 0 Å². The van der Waals surface area contributed by atoms with Gasteiger partial charge in [-0.3, -0.25) is 0 Å². The van der Waals surface area contributed by atoms with Crippen LogP contribution in [0.15, 0.2) is 72.8 Å². The number of aryl methyl sites for hydroxylation is 2. The summed E-state index contributed by atoms with van der Waals surface area (Å²) < 4.78 is 0. The van der Waals surface area contributed by atoms with Gasteiger partial charge in [0.2, 0.25) is 0 Å². The molecule has 0 spiro atoms. The Morgan fingerprint density at radius 3 is 1.50 bits per heavy atom. The molecule has 0 radical (unpaired) electrons. The van der Waals surface area contributed by atoms with Crippen molar-refractivity contribution in [3.63, 3.8) is 0 Å². The summed E-state index contributed by atoms with van der Waals surface area (Å²) in [6.07, 6.45) is 0. The molecular weight excluding hydrogens is 240 g/mol. The lowest BCUT2D eigenvalue weighted by Crippen LogP contribution is -1.81. The first-order valence-electron chi connectivity index (χ1n) is 6.96. The Labute approximate surface area is 120 Å². The van der Waals surface area contributed by atoms with Crippen molar-refractivity contribution in [3.8, 4) is 22.3 Å². The van der Waals surface area contributed by atoms with Crippen LogP contribution >= 0.6 is 0 Å². The van der Waals surface area contributed by atoms with Crippen molar-refractivity contribution in [1.29, 1.82) is 0 Å². The average molecular weight is 258 g/mol. The molecule has 3 aromatic rings. The molecule has 0 fully saturated rings. The summed E-state index contributed by atoms with van der Waals surface area (Å²) in [6, 6.07) is 26.1. The number of benzene rings is 3. The molecule has 0 atom stereocenters. The Kier molecular flexibility index (Phi) is 3.39. The van der Waals surface area contributed by atoms with Crippen molar-refractivity contribution in [1.82, 2.24) is 0 Å². The van der Waals surface area contributed by atoms with Gasteiger partial charge in [0, 0.05) is 0 Å². The largest absolute Gasteiger partial charge is 0.0614 e. The standard InChI is InChI=1S/C20H18/c1-15-6-8-17(9-7-15)18-10-12-19(13-11-18)20-5-3-4-16(2)14-20/h3-14H,1-2H3. The van der Waals surface area contributed by atoms with E-state index in [0.29, 0.717) is 0 Å². The normalized spacial score (nSPS) is 10.5. The highest BCUT2D eigenvalue weighted by molar-refractivity contribution is 5.70. The molecule has 0 amide bonds. The topological polar surface area (TPSA) is 0 Å². The van der Waals surface area contributed by atoms with Crippen molar-refractivity contribution >= 4 is 0 Å². The van der Waals surface area contributed by atoms with Crippen LogP contribution in [0.1, 0.15) is 11.1 Å². The van der Waals surface area contributed by atoms with Crippen LogP contribution in [0.2, 0.25) is 0 Å². The van der Waals surface area contributed by atoms with Crippen LogP contribution < -0.4 is 0 Å². The fourth-order valence-electron chi connectivity index (χ4n) is 2.43. The lowest BCUT2D eigenvalue weighted by atomic mass is 9.99. The van der Waals surface area contributed by atoms with Gasteiger partial charge in [-0.05, 0) is 36.1 Å². The lowest BCUT2D eigenvalue weighted by molar-refractivity contribution is 1.46. The van der Waals surface area contributed by atoms with E-state index in [1.54, 1.807) is 0 Å². The number of rotatable bonds is 2. The van der Waals surface area contributed by atoms with E-state index in [1.165, 1.54) is 33.4 Å². The van der Waals surface area contributed by atoms with Crippen LogP contribution in [-0.4, -0.2) is 0 Å². The zero-order valence-electron chi connectivity index (χ0n) is 11.9. The van der Waals surface area contributed by atoms with Gasteiger partial charge in [-0.1, -0.05) is 83.9 Å². The van der Waals surface area contributed by atoms with Gasteiger partial charge in [-0.15, -0.1) is 0 Å². The smallest absolute Gasteiger partial charge is 0.0181 e. The van der Waals surface area contributed by atoms with Crippen molar-refractivity contribution < 1.29 is 0 Å². The van der Waals surface area contributed by atoms with Gasteiger partial charge in [-0.25, -0.2) is 0 Å². The molecule has 0 nitrogen and oxygen atoms in total. The summed E-state index contributed by atoms with van der Waals surface area (Å²) in [6.45, 7) is 4.24. The maximum absolute atomic E-state index is 2.22. The molecule has 20 heavy (non-hydrogen) atoms. The van der Waals surface area contributed by atoms with E-state index >= 15 is 0 Å². The van der Waals surface area contributed by atoms with Gasteiger partial charge in [0.25, 0.3) is 0 Å². The molecule has 3 rings (SSSR count). The molecule has 98 valence electrons. The minimum absolute atomic E-state index is 1.27. The maximum Gasteiger partial charge on any atom is -0.0181 e. The minimum Gasteiger partial charge on any atom is -0.0614 e. The SMILES string of the molecule is Cc1ccc(-c2ccc(-c3cccc(C)c3)cc2)cc1. The van der Waals surface area contributed by atoms with Crippen LogP contribution in [0.3, 0.4) is 0 Å². The molecule has 0 saturated carbocycles. The van der Waals surface area contributed by atoms with E-state index in [1.807, 2.05) is 0 Å².